The average molecular weight is 424 g/mol. The standard InChI is InChI=1S/C24H25NO6/c1-14-18-9-17-12-25(11-16-7-5-6-8-20(16)28-3)13-30-22(17)15(2)23(18)31-24(27)19(14)10-21(26)29-4/h5-9H,10-13H2,1-4H3/p+1. The van der Waals surface area contributed by atoms with Gasteiger partial charge in [-0.2, -0.15) is 0 Å². The number of esters is 1. The highest BCUT2D eigenvalue weighted by molar-refractivity contribution is 5.88. The number of para-hydroxylation sites is 1. The molecule has 1 unspecified atom stereocenters. The van der Waals surface area contributed by atoms with Crippen LogP contribution in [0.5, 0.6) is 11.5 Å². The molecule has 31 heavy (non-hydrogen) atoms. The van der Waals surface area contributed by atoms with Crippen molar-refractivity contribution < 1.29 is 28.3 Å². The summed E-state index contributed by atoms with van der Waals surface area (Å²) in [6.45, 7) is 5.76. The van der Waals surface area contributed by atoms with E-state index in [0.717, 1.165) is 52.2 Å². The zero-order valence-corrected chi connectivity index (χ0v) is 18.2. The molecule has 7 heteroatoms. The highest BCUT2D eigenvalue weighted by atomic mass is 16.5. The maximum Gasteiger partial charge on any atom is 0.340 e. The number of carbonyl (C=O) groups is 1. The predicted octanol–water partition coefficient (Wildman–Crippen LogP) is 2.07. The van der Waals surface area contributed by atoms with E-state index < -0.39 is 11.6 Å². The zero-order chi connectivity index (χ0) is 22.1. The summed E-state index contributed by atoms with van der Waals surface area (Å²) in [6.07, 6.45) is -0.113. The number of rotatable bonds is 5. The van der Waals surface area contributed by atoms with Crippen LogP contribution in [0, 0.1) is 13.8 Å². The van der Waals surface area contributed by atoms with Crippen molar-refractivity contribution in [1.82, 2.24) is 0 Å². The number of methoxy groups -OCH3 is 2. The van der Waals surface area contributed by atoms with Crippen LogP contribution in [0.25, 0.3) is 11.0 Å². The van der Waals surface area contributed by atoms with Crippen LogP contribution in [-0.4, -0.2) is 26.9 Å². The third kappa shape index (κ3) is 3.88. The molecule has 0 radical (unpaired) electrons. The Morgan fingerprint density at radius 1 is 1.16 bits per heavy atom. The molecular formula is C24H26NO6+. The van der Waals surface area contributed by atoms with Gasteiger partial charge in [0.25, 0.3) is 0 Å². The van der Waals surface area contributed by atoms with Crippen molar-refractivity contribution in [3.8, 4) is 11.5 Å². The summed E-state index contributed by atoms with van der Waals surface area (Å²) in [7, 11) is 2.98. The van der Waals surface area contributed by atoms with Gasteiger partial charge in [0.1, 0.15) is 30.2 Å². The lowest BCUT2D eigenvalue weighted by molar-refractivity contribution is -0.945. The van der Waals surface area contributed by atoms with Crippen molar-refractivity contribution in [3.05, 3.63) is 68.6 Å². The number of aryl methyl sites for hydroxylation is 2. The van der Waals surface area contributed by atoms with Crippen LogP contribution in [0.2, 0.25) is 0 Å². The Bertz CT molecular complexity index is 1210. The summed E-state index contributed by atoms with van der Waals surface area (Å²) in [5.74, 6) is 1.15. The maximum atomic E-state index is 12.5. The van der Waals surface area contributed by atoms with Gasteiger partial charge in [0.2, 0.25) is 6.73 Å². The molecule has 1 aliphatic rings. The Balaban J connectivity index is 1.72. The fourth-order valence-corrected chi connectivity index (χ4v) is 4.21. The smallest absolute Gasteiger partial charge is 0.340 e. The van der Waals surface area contributed by atoms with Crippen molar-refractivity contribution >= 4 is 16.9 Å². The maximum absolute atomic E-state index is 12.5. The highest BCUT2D eigenvalue weighted by Gasteiger charge is 2.27. The Kier molecular flexibility index (Phi) is 5.69. The second-order valence-electron chi connectivity index (χ2n) is 7.82. The first kappa shape index (κ1) is 20.9. The number of hydrogen-bond acceptors (Lipinski definition) is 6. The normalized spacial score (nSPS) is 15.3. The second kappa shape index (κ2) is 8.43. The molecule has 0 spiro atoms. The van der Waals surface area contributed by atoms with Crippen LogP contribution >= 0.6 is 0 Å². The number of fused-ring (bicyclic) bond motifs is 2. The highest BCUT2D eigenvalue weighted by Crippen LogP contribution is 2.34. The van der Waals surface area contributed by atoms with Crippen molar-refractivity contribution in [1.29, 1.82) is 0 Å². The van der Waals surface area contributed by atoms with Gasteiger partial charge in [-0.05, 0) is 37.6 Å². The second-order valence-corrected chi connectivity index (χ2v) is 7.82. The van der Waals surface area contributed by atoms with E-state index in [4.69, 9.17) is 18.6 Å². The molecule has 4 rings (SSSR count). The van der Waals surface area contributed by atoms with E-state index in [1.165, 1.54) is 12.0 Å². The first-order chi connectivity index (χ1) is 14.9. The molecule has 0 amide bonds. The number of nitrogens with one attached hydrogen (secondary N) is 1. The van der Waals surface area contributed by atoms with E-state index in [-0.39, 0.29) is 6.42 Å². The SMILES string of the molecule is COC(=O)Cc1c(C)c2cc3c(c(C)c2oc1=O)OC[NH+](Cc1ccccc1OC)C3. The minimum atomic E-state index is -0.516. The van der Waals surface area contributed by atoms with E-state index in [1.54, 1.807) is 7.11 Å². The van der Waals surface area contributed by atoms with Gasteiger partial charge in [-0.15, -0.1) is 0 Å². The summed E-state index contributed by atoms with van der Waals surface area (Å²) in [6, 6.07) is 9.99. The van der Waals surface area contributed by atoms with Gasteiger partial charge >= 0.3 is 11.6 Å². The molecule has 1 N–H and O–H groups in total. The summed E-state index contributed by atoms with van der Waals surface area (Å²) in [5.41, 5.74) is 4.01. The molecule has 162 valence electrons. The monoisotopic (exact) mass is 424 g/mol. The van der Waals surface area contributed by atoms with E-state index in [9.17, 15) is 9.59 Å². The fraction of sp³-hybridized carbons (Fsp3) is 0.333. The van der Waals surface area contributed by atoms with Crippen molar-refractivity contribution in [3.63, 3.8) is 0 Å². The molecule has 0 aliphatic carbocycles. The van der Waals surface area contributed by atoms with Crippen LogP contribution in [0.1, 0.15) is 27.8 Å². The zero-order valence-electron chi connectivity index (χ0n) is 18.2. The minimum absolute atomic E-state index is 0.113. The molecule has 0 bridgehead atoms. The quantitative estimate of drug-likeness (QED) is 0.499. The summed E-state index contributed by atoms with van der Waals surface area (Å²) in [4.78, 5) is 25.5. The van der Waals surface area contributed by atoms with Gasteiger partial charge in [-0.1, -0.05) is 12.1 Å². The molecule has 1 aromatic heterocycles. The van der Waals surface area contributed by atoms with Gasteiger partial charge in [0.05, 0.1) is 26.2 Å². The van der Waals surface area contributed by atoms with Crippen LogP contribution in [0.4, 0.5) is 0 Å². The molecule has 1 atom stereocenters. The van der Waals surface area contributed by atoms with Crippen molar-refractivity contribution in [2.45, 2.75) is 33.4 Å². The number of benzene rings is 2. The number of ether oxygens (including phenoxy) is 3. The Morgan fingerprint density at radius 2 is 1.94 bits per heavy atom. The molecule has 2 aromatic carbocycles. The van der Waals surface area contributed by atoms with Gasteiger partial charge in [-0.25, -0.2) is 4.79 Å². The molecule has 1 aliphatic heterocycles. The fourth-order valence-electron chi connectivity index (χ4n) is 4.21. The van der Waals surface area contributed by atoms with Crippen LogP contribution in [0.15, 0.2) is 39.5 Å². The lowest BCUT2D eigenvalue weighted by Crippen LogP contribution is -3.10. The summed E-state index contributed by atoms with van der Waals surface area (Å²) < 4.78 is 21.9. The third-order valence-electron chi connectivity index (χ3n) is 5.88. The summed E-state index contributed by atoms with van der Waals surface area (Å²) in [5, 5.41) is 0.817. The number of hydrogen-bond donors (Lipinski definition) is 1. The first-order valence-corrected chi connectivity index (χ1v) is 10.2. The molecular weight excluding hydrogens is 398 g/mol. The van der Waals surface area contributed by atoms with Gasteiger partial charge in [0.15, 0.2) is 0 Å². The molecule has 0 saturated heterocycles. The predicted molar refractivity (Wildman–Crippen MR) is 115 cm³/mol. The minimum Gasteiger partial charge on any atom is -0.496 e. The van der Waals surface area contributed by atoms with Gasteiger partial charge in [-0.3, -0.25) is 9.69 Å². The van der Waals surface area contributed by atoms with E-state index in [1.807, 2.05) is 38.1 Å². The Morgan fingerprint density at radius 3 is 2.68 bits per heavy atom. The van der Waals surface area contributed by atoms with E-state index >= 15 is 0 Å². The molecule has 0 saturated carbocycles. The van der Waals surface area contributed by atoms with E-state index in [2.05, 4.69) is 6.07 Å². The number of quaternary nitrogens is 1. The third-order valence-corrected chi connectivity index (χ3v) is 5.88. The van der Waals surface area contributed by atoms with E-state index in [0.29, 0.717) is 17.9 Å². The first-order valence-electron chi connectivity index (χ1n) is 10.2. The van der Waals surface area contributed by atoms with Crippen LogP contribution in [-0.2, 0) is 29.0 Å². The van der Waals surface area contributed by atoms with Gasteiger partial charge in [0, 0.05) is 22.1 Å². The van der Waals surface area contributed by atoms with Crippen LogP contribution in [0.3, 0.4) is 0 Å². The Hall–Kier alpha value is -3.32. The van der Waals surface area contributed by atoms with Crippen molar-refractivity contribution in [2.24, 2.45) is 0 Å². The number of carbonyl (C=O) groups excluding carboxylic acids is 1. The largest absolute Gasteiger partial charge is 0.496 e. The van der Waals surface area contributed by atoms with Crippen LogP contribution < -0.4 is 20.0 Å². The molecule has 2 heterocycles. The summed E-state index contributed by atoms with van der Waals surface area (Å²) >= 11 is 0. The lowest BCUT2D eigenvalue weighted by atomic mass is 9.97. The van der Waals surface area contributed by atoms with Gasteiger partial charge < -0.3 is 18.6 Å². The van der Waals surface area contributed by atoms with Crippen molar-refractivity contribution in [2.75, 3.05) is 21.0 Å². The molecule has 7 nitrogen and oxygen atoms in total. The Labute approximate surface area is 180 Å². The average Bonchev–Trinajstić information content (AvgIpc) is 2.77. The molecule has 0 fully saturated rings. The lowest BCUT2D eigenvalue weighted by Gasteiger charge is -2.28. The molecule has 3 aromatic rings. The topological polar surface area (TPSA) is 79.4 Å².